The lowest BCUT2D eigenvalue weighted by Crippen LogP contribution is -2.33. The van der Waals surface area contributed by atoms with Crippen molar-refractivity contribution in [3.8, 4) is 0 Å². The van der Waals surface area contributed by atoms with Gasteiger partial charge < -0.3 is 14.9 Å². The van der Waals surface area contributed by atoms with E-state index in [9.17, 15) is 10.1 Å². The Balaban J connectivity index is 1.98. The van der Waals surface area contributed by atoms with E-state index in [1.54, 1.807) is 12.1 Å². The number of nitro benzene ring substituents is 1. The third kappa shape index (κ3) is 4.13. The van der Waals surface area contributed by atoms with Crippen LogP contribution in [0.1, 0.15) is 32.3 Å². The van der Waals surface area contributed by atoms with Gasteiger partial charge in [-0.1, -0.05) is 0 Å². The van der Waals surface area contributed by atoms with E-state index < -0.39 is 4.92 Å². The minimum Gasteiger partial charge on any atom is -0.375 e. The number of nitrogens with one attached hydrogen (secondary N) is 1. The van der Waals surface area contributed by atoms with Gasteiger partial charge in [0.25, 0.3) is 5.69 Å². The van der Waals surface area contributed by atoms with Crippen LogP contribution in [0, 0.1) is 10.1 Å². The molecule has 0 bridgehead atoms. The fourth-order valence-corrected chi connectivity index (χ4v) is 2.64. The molecule has 21 heavy (non-hydrogen) atoms. The molecule has 1 aromatic carbocycles. The van der Waals surface area contributed by atoms with E-state index in [1.165, 1.54) is 6.07 Å². The quantitative estimate of drug-likeness (QED) is 0.491. The minimum atomic E-state index is -0.471. The summed E-state index contributed by atoms with van der Waals surface area (Å²) in [6.07, 6.45) is 2.25. The smallest absolute Gasteiger partial charge is 0.293 e. The fraction of sp³-hybridized carbons (Fsp3) is 0.571. The van der Waals surface area contributed by atoms with Gasteiger partial charge in [-0.2, -0.15) is 0 Å². The van der Waals surface area contributed by atoms with Crippen LogP contribution in [0.4, 0.5) is 11.4 Å². The van der Waals surface area contributed by atoms with Crippen LogP contribution >= 0.6 is 0 Å². The van der Waals surface area contributed by atoms with Gasteiger partial charge in [0.15, 0.2) is 0 Å². The third-order valence-electron chi connectivity index (χ3n) is 3.55. The van der Waals surface area contributed by atoms with Gasteiger partial charge in [0.2, 0.25) is 0 Å². The van der Waals surface area contributed by atoms with E-state index in [1.807, 2.05) is 13.8 Å². The number of nitrogen functional groups attached to an aromatic ring is 1. The van der Waals surface area contributed by atoms with Gasteiger partial charge in [0.1, 0.15) is 5.69 Å². The highest BCUT2D eigenvalue weighted by Crippen LogP contribution is 2.26. The van der Waals surface area contributed by atoms with Gasteiger partial charge in [0.05, 0.1) is 29.8 Å². The molecule has 1 aliphatic rings. The van der Waals surface area contributed by atoms with Gasteiger partial charge in [-0.15, -0.1) is 0 Å². The molecule has 2 rings (SSSR count). The second-order valence-electron chi connectivity index (χ2n) is 5.41. The van der Waals surface area contributed by atoms with Crippen molar-refractivity contribution >= 4 is 11.4 Å². The zero-order valence-corrected chi connectivity index (χ0v) is 12.2. The summed E-state index contributed by atoms with van der Waals surface area (Å²) in [5.41, 5.74) is 3.44. The third-order valence-corrected chi connectivity index (χ3v) is 3.55. The molecular weight excluding hydrogens is 274 g/mol. The monoisotopic (exact) mass is 295 g/mol. The number of ether oxygens (including phenoxy) is 2. The van der Waals surface area contributed by atoms with Crippen molar-refractivity contribution in [1.82, 2.24) is 0 Å². The van der Waals surface area contributed by atoms with Crippen LogP contribution in [0.25, 0.3) is 0 Å². The van der Waals surface area contributed by atoms with E-state index in [0.29, 0.717) is 6.61 Å². The summed E-state index contributed by atoms with van der Waals surface area (Å²) < 4.78 is 11.6. The molecule has 0 spiro atoms. The molecule has 3 N–H and O–H groups in total. The van der Waals surface area contributed by atoms with Crippen molar-refractivity contribution in [1.29, 1.82) is 0 Å². The lowest BCUT2D eigenvalue weighted by atomic mass is 10.0. The Morgan fingerprint density at radius 2 is 2.10 bits per heavy atom. The predicted octanol–water partition coefficient (Wildman–Crippen LogP) is 2.35. The number of hydrazine groups is 1. The normalized spacial score (nSPS) is 25.6. The van der Waals surface area contributed by atoms with Gasteiger partial charge in [-0.05, 0) is 44.4 Å². The lowest BCUT2D eigenvalue weighted by Gasteiger charge is -2.32. The summed E-state index contributed by atoms with van der Waals surface area (Å²) in [6, 6.07) is 4.76. The summed E-state index contributed by atoms with van der Waals surface area (Å²) in [6.45, 7) is 4.47. The van der Waals surface area contributed by atoms with E-state index in [0.717, 1.165) is 18.4 Å². The Kier molecular flexibility index (Phi) is 5.11. The molecule has 0 saturated carbocycles. The average molecular weight is 295 g/mol. The van der Waals surface area contributed by atoms with Gasteiger partial charge in [-0.25, -0.2) is 0 Å². The van der Waals surface area contributed by atoms with E-state index in [4.69, 9.17) is 15.3 Å². The summed E-state index contributed by atoms with van der Waals surface area (Å²) in [5.74, 6) is 5.32. The molecule has 1 heterocycles. The molecule has 1 aliphatic heterocycles. The topological polar surface area (TPSA) is 99.7 Å². The Morgan fingerprint density at radius 3 is 2.67 bits per heavy atom. The minimum absolute atomic E-state index is 0.0467. The molecule has 0 radical (unpaired) electrons. The first-order chi connectivity index (χ1) is 9.99. The Hall–Kier alpha value is -1.70. The molecule has 7 heteroatoms. The highest BCUT2D eigenvalue weighted by molar-refractivity contribution is 5.61. The van der Waals surface area contributed by atoms with Crippen LogP contribution in [0.2, 0.25) is 0 Å². The number of nitro groups is 1. The summed E-state index contributed by atoms with van der Waals surface area (Å²) in [7, 11) is 0. The standard InChI is InChI=1S/C14H21N3O4/c1-9-5-12(6-10(2)21-9)20-8-11-3-4-14(17(18)19)13(7-11)16-15/h3-4,7,9-10,12,16H,5-6,8,15H2,1-2H3. The molecule has 7 nitrogen and oxygen atoms in total. The molecule has 0 amide bonds. The van der Waals surface area contributed by atoms with E-state index in [2.05, 4.69) is 5.43 Å². The van der Waals surface area contributed by atoms with Gasteiger partial charge in [0, 0.05) is 6.07 Å². The SMILES string of the molecule is CC1CC(OCc2ccc([N+](=O)[O-])c(NN)c2)CC(C)O1. The number of hydrogen-bond donors (Lipinski definition) is 2. The van der Waals surface area contributed by atoms with E-state index >= 15 is 0 Å². The maximum absolute atomic E-state index is 10.8. The molecule has 0 aliphatic carbocycles. The second-order valence-corrected chi connectivity index (χ2v) is 5.41. The Labute approximate surface area is 123 Å². The van der Waals surface area contributed by atoms with Crippen LogP contribution in [0.3, 0.4) is 0 Å². The van der Waals surface area contributed by atoms with Crippen molar-refractivity contribution in [2.45, 2.75) is 51.6 Å². The number of benzene rings is 1. The molecule has 116 valence electrons. The summed E-state index contributed by atoms with van der Waals surface area (Å²) in [4.78, 5) is 10.4. The van der Waals surface area contributed by atoms with Crippen molar-refractivity contribution < 1.29 is 14.4 Å². The molecule has 1 saturated heterocycles. The lowest BCUT2D eigenvalue weighted by molar-refractivity contribution is -0.384. The molecule has 1 aromatic rings. The highest BCUT2D eigenvalue weighted by Gasteiger charge is 2.25. The first-order valence-corrected chi connectivity index (χ1v) is 7.00. The van der Waals surface area contributed by atoms with E-state index in [-0.39, 0.29) is 29.7 Å². The van der Waals surface area contributed by atoms with Crippen molar-refractivity contribution in [2.24, 2.45) is 5.84 Å². The molecule has 2 unspecified atom stereocenters. The fourth-order valence-electron chi connectivity index (χ4n) is 2.64. The number of anilines is 1. The Morgan fingerprint density at radius 1 is 1.43 bits per heavy atom. The maximum atomic E-state index is 10.8. The van der Waals surface area contributed by atoms with Crippen LogP contribution < -0.4 is 11.3 Å². The zero-order valence-electron chi connectivity index (χ0n) is 12.2. The van der Waals surface area contributed by atoms with Gasteiger partial charge >= 0.3 is 0 Å². The predicted molar refractivity (Wildman–Crippen MR) is 78.7 cm³/mol. The van der Waals surface area contributed by atoms with Crippen LogP contribution in [0.5, 0.6) is 0 Å². The maximum Gasteiger partial charge on any atom is 0.293 e. The number of nitrogens with zero attached hydrogens (tertiary/aromatic N) is 1. The number of rotatable bonds is 5. The number of hydrogen-bond acceptors (Lipinski definition) is 6. The zero-order chi connectivity index (χ0) is 15.4. The highest BCUT2D eigenvalue weighted by atomic mass is 16.6. The molecule has 2 atom stereocenters. The van der Waals surface area contributed by atoms with Crippen LogP contribution in [-0.4, -0.2) is 23.2 Å². The number of nitrogens with two attached hydrogens (primary N) is 1. The first-order valence-electron chi connectivity index (χ1n) is 7.00. The van der Waals surface area contributed by atoms with Crippen molar-refractivity contribution in [3.05, 3.63) is 33.9 Å². The average Bonchev–Trinajstić information content (AvgIpc) is 2.43. The van der Waals surface area contributed by atoms with Crippen LogP contribution in [0.15, 0.2) is 18.2 Å². The van der Waals surface area contributed by atoms with Crippen molar-refractivity contribution in [2.75, 3.05) is 5.43 Å². The second kappa shape index (κ2) is 6.84. The molecular formula is C14H21N3O4. The first kappa shape index (κ1) is 15.7. The van der Waals surface area contributed by atoms with Crippen LogP contribution in [-0.2, 0) is 16.1 Å². The Bertz CT molecular complexity index is 499. The molecule has 1 fully saturated rings. The van der Waals surface area contributed by atoms with Gasteiger partial charge in [-0.3, -0.25) is 16.0 Å². The molecule has 0 aromatic heterocycles. The van der Waals surface area contributed by atoms with Crippen molar-refractivity contribution in [3.63, 3.8) is 0 Å². The largest absolute Gasteiger partial charge is 0.375 e. The summed E-state index contributed by atoms with van der Waals surface area (Å²) in [5, 5.41) is 10.8. The summed E-state index contributed by atoms with van der Waals surface area (Å²) >= 11 is 0.